The molecule has 6 nitrogen and oxygen atoms in total. The SMILES string of the molecule is Cc1ccnc(Cc2ccc(OC(=O)N3CCN(CCCc4ccccn4)CC3)cc2)c1. The lowest BCUT2D eigenvalue weighted by Gasteiger charge is -2.34. The molecule has 3 aromatic rings. The van der Waals surface area contributed by atoms with Crippen LogP contribution in [0.15, 0.2) is 67.0 Å². The highest BCUT2D eigenvalue weighted by atomic mass is 16.6. The van der Waals surface area contributed by atoms with Crippen molar-refractivity contribution < 1.29 is 9.53 Å². The van der Waals surface area contributed by atoms with Crippen LogP contribution in [0.4, 0.5) is 4.79 Å². The van der Waals surface area contributed by atoms with Gasteiger partial charge in [-0.05, 0) is 73.8 Å². The first-order chi connectivity index (χ1) is 15.7. The highest BCUT2D eigenvalue weighted by molar-refractivity contribution is 5.70. The molecule has 1 amide bonds. The number of nitrogens with zero attached hydrogens (tertiary/aromatic N) is 4. The molecule has 0 spiro atoms. The number of amides is 1. The van der Waals surface area contributed by atoms with E-state index in [1.54, 1.807) is 4.90 Å². The molecule has 4 rings (SSSR count). The van der Waals surface area contributed by atoms with E-state index in [4.69, 9.17) is 4.74 Å². The number of pyridine rings is 2. The van der Waals surface area contributed by atoms with Crippen LogP contribution in [0.25, 0.3) is 0 Å². The third kappa shape index (κ3) is 6.37. The minimum Gasteiger partial charge on any atom is -0.410 e. The first kappa shape index (κ1) is 22.0. The molecule has 2 aromatic heterocycles. The lowest BCUT2D eigenvalue weighted by atomic mass is 10.1. The van der Waals surface area contributed by atoms with Gasteiger partial charge in [-0.3, -0.25) is 14.9 Å². The number of piperazine rings is 1. The summed E-state index contributed by atoms with van der Waals surface area (Å²) in [5.74, 6) is 0.578. The molecule has 166 valence electrons. The lowest BCUT2D eigenvalue weighted by Crippen LogP contribution is -2.49. The molecule has 1 aliphatic rings. The highest BCUT2D eigenvalue weighted by Crippen LogP contribution is 2.17. The van der Waals surface area contributed by atoms with Crippen LogP contribution in [0.5, 0.6) is 5.75 Å². The van der Waals surface area contributed by atoms with Crippen molar-refractivity contribution in [1.29, 1.82) is 0 Å². The van der Waals surface area contributed by atoms with E-state index in [1.807, 2.05) is 54.9 Å². The molecule has 1 aliphatic heterocycles. The molecular weight excluding hydrogens is 400 g/mol. The van der Waals surface area contributed by atoms with Crippen molar-refractivity contribution in [1.82, 2.24) is 19.8 Å². The van der Waals surface area contributed by atoms with Crippen LogP contribution < -0.4 is 4.74 Å². The average Bonchev–Trinajstić information content (AvgIpc) is 2.81. The number of ether oxygens (including phenoxy) is 1. The summed E-state index contributed by atoms with van der Waals surface area (Å²) in [5.41, 5.74) is 4.51. The second-order valence-electron chi connectivity index (χ2n) is 8.27. The summed E-state index contributed by atoms with van der Waals surface area (Å²) in [5, 5.41) is 0. The Morgan fingerprint density at radius 2 is 1.72 bits per heavy atom. The quantitative estimate of drug-likeness (QED) is 0.564. The van der Waals surface area contributed by atoms with Crippen LogP contribution >= 0.6 is 0 Å². The van der Waals surface area contributed by atoms with E-state index in [9.17, 15) is 4.79 Å². The molecule has 0 atom stereocenters. The van der Waals surface area contributed by atoms with Gasteiger partial charge in [-0.2, -0.15) is 0 Å². The molecule has 0 radical (unpaired) electrons. The van der Waals surface area contributed by atoms with Crippen molar-refractivity contribution in [2.45, 2.75) is 26.2 Å². The van der Waals surface area contributed by atoms with Gasteiger partial charge in [0.2, 0.25) is 0 Å². The van der Waals surface area contributed by atoms with E-state index in [0.717, 1.165) is 55.8 Å². The molecule has 1 fully saturated rings. The average molecular weight is 431 g/mol. The summed E-state index contributed by atoms with van der Waals surface area (Å²) in [4.78, 5) is 25.5. The maximum atomic E-state index is 12.6. The largest absolute Gasteiger partial charge is 0.415 e. The maximum Gasteiger partial charge on any atom is 0.415 e. The van der Waals surface area contributed by atoms with E-state index in [1.165, 1.54) is 5.56 Å². The highest BCUT2D eigenvalue weighted by Gasteiger charge is 2.22. The molecule has 1 aromatic carbocycles. The summed E-state index contributed by atoms with van der Waals surface area (Å²) in [7, 11) is 0. The van der Waals surface area contributed by atoms with Crippen LogP contribution in [-0.4, -0.2) is 58.6 Å². The van der Waals surface area contributed by atoms with Gasteiger partial charge >= 0.3 is 6.09 Å². The normalized spacial score (nSPS) is 14.3. The van der Waals surface area contributed by atoms with Crippen molar-refractivity contribution in [3.63, 3.8) is 0 Å². The van der Waals surface area contributed by atoms with E-state index in [-0.39, 0.29) is 6.09 Å². The number of benzene rings is 1. The first-order valence-corrected chi connectivity index (χ1v) is 11.3. The summed E-state index contributed by atoms with van der Waals surface area (Å²) in [6.07, 6.45) is 6.23. The monoisotopic (exact) mass is 430 g/mol. The first-order valence-electron chi connectivity index (χ1n) is 11.3. The van der Waals surface area contributed by atoms with E-state index >= 15 is 0 Å². The zero-order chi connectivity index (χ0) is 22.2. The number of hydrogen-bond donors (Lipinski definition) is 0. The van der Waals surface area contributed by atoms with Crippen molar-refractivity contribution in [2.24, 2.45) is 0 Å². The second kappa shape index (κ2) is 10.9. The summed E-state index contributed by atoms with van der Waals surface area (Å²) >= 11 is 0. The molecule has 0 N–H and O–H groups in total. The van der Waals surface area contributed by atoms with Crippen molar-refractivity contribution in [3.05, 3.63) is 89.5 Å². The Balaban J connectivity index is 1.19. The van der Waals surface area contributed by atoms with Gasteiger partial charge in [0, 0.05) is 56.4 Å². The predicted molar refractivity (Wildman–Crippen MR) is 125 cm³/mol. The Kier molecular flexibility index (Phi) is 7.46. The van der Waals surface area contributed by atoms with Gasteiger partial charge in [0.1, 0.15) is 5.75 Å². The summed E-state index contributed by atoms with van der Waals surface area (Å²) < 4.78 is 5.60. The number of carbonyl (C=O) groups excluding carboxylic acids is 1. The summed E-state index contributed by atoms with van der Waals surface area (Å²) in [6, 6.07) is 17.8. The molecule has 3 heterocycles. The summed E-state index contributed by atoms with van der Waals surface area (Å²) in [6.45, 7) is 6.23. The predicted octanol–water partition coefficient (Wildman–Crippen LogP) is 4.13. The number of aromatic nitrogens is 2. The standard InChI is InChI=1S/C26H30N4O2/c1-21-11-13-28-24(19-21)20-22-7-9-25(10-8-22)32-26(31)30-17-15-29(16-18-30)14-4-6-23-5-2-3-12-27-23/h2-3,5,7-13,19H,4,6,14-18,20H2,1H3. The van der Waals surface area contributed by atoms with Crippen LogP contribution in [0.3, 0.4) is 0 Å². The Bertz CT molecular complexity index is 1000. The minimum absolute atomic E-state index is 0.272. The molecule has 32 heavy (non-hydrogen) atoms. The zero-order valence-electron chi connectivity index (χ0n) is 18.6. The topological polar surface area (TPSA) is 58.6 Å². The number of rotatable bonds is 7. The molecule has 1 saturated heterocycles. The van der Waals surface area contributed by atoms with Crippen LogP contribution in [0.2, 0.25) is 0 Å². The van der Waals surface area contributed by atoms with Gasteiger partial charge in [-0.1, -0.05) is 18.2 Å². The Morgan fingerprint density at radius 1 is 0.938 bits per heavy atom. The van der Waals surface area contributed by atoms with Gasteiger partial charge in [0.25, 0.3) is 0 Å². The Labute approximate surface area is 189 Å². The second-order valence-corrected chi connectivity index (χ2v) is 8.27. The molecule has 0 bridgehead atoms. The number of hydrogen-bond acceptors (Lipinski definition) is 5. The smallest absolute Gasteiger partial charge is 0.410 e. The van der Waals surface area contributed by atoms with E-state index < -0.39 is 0 Å². The van der Waals surface area contributed by atoms with Gasteiger partial charge in [-0.15, -0.1) is 0 Å². The fraction of sp³-hybridized carbons (Fsp3) is 0.346. The minimum atomic E-state index is -0.272. The van der Waals surface area contributed by atoms with Crippen molar-refractivity contribution in [2.75, 3.05) is 32.7 Å². The molecule has 0 aliphatic carbocycles. The zero-order valence-corrected chi connectivity index (χ0v) is 18.6. The van der Waals surface area contributed by atoms with Crippen LogP contribution in [0.1, 0.15) is 28.9 Å². The third-order valence-corrected chi connectivity index (χ3v) is 5.75. The number of carbonyl (C=O) groups is 1. The number of aryl methyl sites for hydroxylation is 2. The van der Waals surface area contributed by atoms with Gasteiger partial charge < -0.3 is 9.64 Å². The van der Waals surface area contributed by atoms with Crippen LogP contribution in [-0.2, 0) is 12.8 Å². The Morgan fingerprint density at radius 3 is 2.44 bits per heavy atom. The van der Waals surface area contributed by atoms with Gasteiger partial charge in [-0.25, -0.2) is 4.79 Å². The Hall–Kier alpha value is -3.25. The van der Waals surface area contributed by atoms with E-state index in [0.29, 0.717) is 18.8 Å². The van der Waals surface area contributed by atoms with E-state index in [2.05, 4.69) is 33.9 Å². The van der Waals surface area contributed by atoms with Crippen molar-refractivity contribution >= 4 is 6.09 Å². The van der Waals surface area contributed by atoms with Gasteiger partial charge in [0.15, 0.2) is 0 Å². The maximum absolute atomic E-state index is 12.6. The van der Waals surface area contributed by atoms with Crippen LogP contribution in [0, 0.1) is 6.92 Å². The van der Waals surface area contributed by atoms with Crippen molar-refractivity contribution in [3.8, 4) is 5.75 Å². The molecule has 0 unspecified atom stereocenters. The lowest BCUT2D eigenvalue weighted by molar-refractivity contribution is 0.110. The fourth-order valence-electron chi connectivity index (χ4n) is 3.93. The van der Waals surface area contributed by atoms with Gasteiger partial charge in [0.05, 0.1) is 0 Å². The molecular formula is C26H30N4O2. The molecule has 0 saturated carbocycles. The molecule has 6 heteroatoms. The third-order valence-electron chi connectivity index (χ3n) is 5.75. The fourth-order valence-corrected chi connectivity index (χ4v) is 3.93.